The van der Waals surface area contributed by atoms with Crippen LogP contribution in [0.1, 0.15) is 37.3 Å². The van der Waals surface area contributed by atoms with Crippen LogP contribution in [0.4, 0.5) is 4.39 Å². The molecule has 0 fully saturated rings. The van der Waals surface area contributed by atoms with E-state index in [0.717, 1.165) is 22.9 Å². The Bertz CT molecular complexity index is 905. The molecule has 0 aliphatic heterocycles. The summed E-state index contributed by atoms with van der Waals surface area (Å²) in [7, 11) is 0. The van der Waals surface area contributed by atoms with Crippen LogP contribution in [0.3, 0.4) is 0 Å². The molecule has 0 aromatic heterocycles. The number of fused-ring (bicyclic) bond motifs is 1. The van der Waals surface area contributed by atoms with Crippen LogP contribution < -0.4 is 0 Å². The van der Waals surface area contributed by atoms with Crippen molar-refractivity contribution in [1.29, 1.82) is 5.26 Å². The molecule has 0 spiro atoms. The summed E-state index contributed by atoms with van der Waals surface area (Å²) in [6.07, 6.45) is 4.84. The zero-order chi connectivity index (χ0) is 16.9. The Morgan fingerprint density at radius 2 is 1.58 bits per heavy atom. The van der Waals surface area contributed by atoms with E-state index in [1.807, 2.05) is 12.1 Å². The molecule has 0 heterocycles. The number of hydrogen-bond donors (Lipinski definition) is 0. The number of nitriles is 1. The first-order chi connectivity index (χ1) is 11.7. The zero-order valence-corrected chi connectivity index (χ0v) is 13.8. The van der Waals surface area contributed by atoms with Crippen molar-refractivity contribution in [3.8, 4) is 17.2 Å². The Morgan fingerprint density at radius 1 is 0.875 bits per heavy atom. The Balaban J connectivity index is 1.90. The van der Waals surface area contributed by atoms with Gasteiger partial charge in [0, 0.05) is 0 Å². The molecule has 120 valence electrons. The Kier molecular flexibility index (Phi) is 4.91. The Labute approximate surface area is 142 Å². The van der Waals surface area contributed by atoms with Gasteiger partial charge in [0.2, 0.25) is 0 Å². The molecule has 3 aromatic carbocycles. The summed E-state index contributed by atoms with van der Waals surface area (Å²) in [5.74, 6) is -0.471. The summed E-state index contributed by atoms with van der Waals surface area (Å²) in [5.41, 5.74) is 3.20. The smallest absolute Gasteiger partial charge is 0.141 e. The van der Waals surface area contributed by atoms with Gasteiger partial charge in [0.15, 0.2) is 0 Å². The highest BCUT2D eigenvalue weighted by Crippen LogP contribution is 2.27. The van der Waals surface area contributed by atoms with E-state index in [2.05, 4.69) is 37.3 Å². The van der Waals surface area contributed by atoms with E-state index in [9.17, 15) is 4.39 Å². The standard InChI is InChI=1S/C22H20FN/c1-2-3-4-5-16-6-7-18-13-19(9-8-17(18)12-16)20-10-11-21(15-24)22(23)14-20/h6-14H,2-5H2,1H3. The topological polar surface area (TPSA) is 23.8 Å². The van der Waals surface area contributed by atoms with Gasteiger partial charge in [-0.25, -0.2) is 4.39 Å². The van der Waals surface area contributed by atoms with Crippen molar-refractivity contribution in [3.05, 3.63) is 71.5 Å². The average molecular weight is 317 g/mol. The Morgan fingerprint density at radius 3 is 2.33 bits per heavy atom. The Hall–Kier alpha value is -2.66. The van der Waals surface area contributed by atoms with E-state index in [1.54, 1.807) is 6.07 Å². The molecule has 0 bridgehead atoms. The molecule has 0 unspecified atom stereocenters. The molecule has 0 radical (unpaired) electrons. The molecule has 24 heavy (non-hydrogen) atoms. The summed E-state index contributed by atoms with van der Waals surface area (Å²) < 4.78 is 13.8. The van der Waals surface area contributed by atoms with Crippen LogP contribution in [-0.2, 0) is 6.42 Å². The lowest BCUT2D eigenvalue weighted by Gasteiger charge is -2.07. The second-order valence-electron chi connectivity index (χ2n) is 6.16. The quantitative estimate of drug-likeness (QED) is 0.510. The van der Waals surface area contributed by atoms with Crippen molar-refractivity contribution in [2.24, 2.45) is 0 Å². The van der Waals surface area contributed by atoms with Gasteiger partial charge in [-0.05, 0) is 58.5 Å². The van der Waals surface area contributed by atoms with Gasteiger partial charge < -0.3 is 0 Å². The predicted molar refractivity (Wildman–Crippen MR) is 97.3 cm³/mol. The molecule has 2 heteroatoms. The van der Waals surface area contributed by atoms with Crippen molar-refractivity contribution in [2.75, 3.05) is 0 Å². The van der Waals surface area contributed by atoms with Crippen LogP contribution >= 0.6 is 0 Å². The van der Waals surface area contributed by atoms with Gasteiger partial charge in [0.25, 0.3) is 0 Å². The molecule has 0 atom stereocenters. The van der Waals surface area contributed by atoms with Crippen LogP contribution in [0.25, 0.3) is 21.9 Å². The summed E-state index contributed by atoms with van der Waals surface area (Å²) in [5, 5.41) is 11.2. The molecule has 1 nitrogen and oxygen atoms in total. The monoisotopic (exact) mass is 317 g/mol. The van der Waals surface area contributed by atoms with E-state index in [0.29, 0.717) is 0 Å². The molecule has 3 rings (SSSR count). The SMILES string of the molecule is CCCCCc1ccc2cc(-c3ccc(C#N)c(F)c3)ccc2c1. The van der Waals surface area contributed by atoms with Crippen molar-refractivity contribution < 1.29 is 4.39 Å². The van der Waals surface area contributed by atoms with Crippen LogP contribution in [0.15, 0.2) is 54.6 Å². The van der Waals surface area contributed by atoms with Crippen LogP contribution in [-0.4, -0.2) is 0 Å². The normalized spacial score (nSPS) is 10.7. The number of benzene rings is 3. The highest BCUT2D eigenvalue weighted by atomic mass is 19.1. The number of nitrogens with zero attached hydrogens (tertiary/aromatic N) is 1. The van der Waals surface area contributed by atoms with Gasteiger partial charge in [-0.1, -0.05) is 56.2 Å². The predicted octanol–water partition coefficient (Wildman–Crippen LogP) is 6.25. The lowest BCUT2D eigenvalue weighted by atomic mass is 9.98. The minimum atomic E-state index is -0.471. The fraction of sp³-hybridized carbons (Fsp3) is 0.227. The van der Waals surface area contributed by atoms with Crippen molar-refractivity contribution in [3.63, 3.8) is 0 Å². The van der Waals surface area contributed by atoms with E-state index in [1.165, 1.54) is 42.3 Å². The fourth-order valence-electron chi connectivity index (χ4n) is 2.99. The van der Waals surface area contributed by atoms with Gasteiger partial charge in [0.1, 0.15) is 11.9 Å². The summed E-state index contributed by atoms with van der Waals surface area (Å²) >= 11 is 0. The largest absolute Gasteiger partial charge is 0.206 e. The van der Waals surface area contributed by atoms with Gasteiger partial charge >= 0.3 is 0 Å². The molecule has 0 saturated carbocycles. The molecule has 0 saturated heterocycles. The number of unbranched alkanes of at least 4 members (excludes halogenated alkanes) is 2. The number of aryl methyl sites for hydroxylation is 1. The van der Waals surface area contributed by atoms with Crippen LogP contribution in [0, 0.1) is 17.1 Å². The fourth-order valence-corrected chi connectivity index (χ4v) is 2.99. The minimum Gasteiger partial charge on any atom is -0.206 e. The third kappa shape index (κ3) is 3.46. The summed E-state index contributed by atoms with van der Waals surface area (Å²) in [6.45, 7) is 2.22. The number of rotatable bonds is 5. The lowest BCUT2D eigenvalue weighted by molar-refractivity contribution is 0.624. The van der Waals surface area contributed by atoms with Crippen LogP contribution in [0.2, 0.25) is 0 Å². The third-order valence-corrected chi connectivity index (χ3v) is 4.40. The number of halogens is 1. The molecular weight excluding hydrogens is 297 g/mol. The molecule has 3 aromatic rings. The molecule has 0 aliphatic rings. The number of hydrogen-bond acceptors (Lipinski definition) is 1. The van der Waals surface area contributed by atoms with Gasteiger partial charge in [-0.3, -0.25) is 0 Å². The highest BCUT2D eigenvalue weighted by Gasteiger charge is 2.06. The average Bonchev–Trinajstić information content (AvgIpc) is 2.61. The van der Waals surface area contributed by atoms with E-state index < -0.39 is 5.82 Å². The van der Waals surface area contributed by atoms with Gasteiger partial charge in [-0.15, -0.1) is 0 Å². The highest BCUT2D eigenvalue weighted by molar-refractivity contribution is 5.88. The second-order valence-corrected chi connectivity index (χ2v) is 6.16. The maximum Gasteiger partial charge on any atom is 0.141 e. The minimum absolute atomic E-state index is 0.0799. The molecule has 0 aliphatic carbocycles. The second kappa shape index (κ2) is 7.27. The van der Waals surface area contributed by atoms with Crippen molar-refractivity contribution >= 4 is 10.8 Å². The van der Waals surface area contributed by atoms with E-state index in [4.69, 9.17) is 5.26 Å². The van der Waals surface area contributed by atoms with Crippen LogP contribution in [0.5, 0.6) is 0 Å². The molecule has 0 amide bonds. The lowest BCUT2D eigenvalue weighted by Crippen LogP contribution is -1.88. The first-order valence-electron chi connectivity index (χ1n) is 8.44. The maximum atomic E-state index is 13.8. The maximum absolute atomic E-state index is 13.8. The first kappa shape index (κ1) is 16.2. The van der Waals surface area contributed by atoms with E-state index in [-0.39, 0.29) is 5.56 Å². The zero-order valence-electron chi connectivity index (χ0n) is 13.8. The van der Waals surface area contributed by atoms with Gasteiger partial charge in [0.05, 0.1) is 5.56 Å². The molecular formula is C22H20FN. The van der Waals surface area contributed by atoms with Crippen molar-refractivity contribution in [2.45, 2.75) is 32.6 Å². The summed E-state index contributed by atoms with van der Waals surface area (Å²) in [6, 6.07) is 19.4. The van der Waals surface area contributed by atoms with E-state index >= 15 is 0 Å². The third-order valence-electron chi connectivity index (χ3n) is 4.40. The first-order valence-corrected chi connectivity index (χ1v) is 8.44. The van der Waals surface area contributed by atoms with Crippen molar-refractivity contribution in [1.82, 2.24) is 0 Å². The molecule has 0 N–H and O–H groups in total. The van der Waals surface area contributed by atoms with Gasteiger partial charge in [-0.2, -0.15) is 5.26 Å². The summed E-state index contributed by atoms with van der Waals surface area (Å²) in [4.78, 5) is 0.